The number of sulfone groups is 1. The molecule has 6 N–H and O–H groups in total. The number of benzene rings is 4. The highest BCUT2D eigenvalue weighted by Gasteiger charge is 2.26. The van der Waals surface area contributed by atoms with Crippen LogP contribution in [0, 0.1) is 0 Å². The average molecular weight is 811 g/mol. The quantitative estimate of drug-likeness (QED) is 0.0537. The average Bonchev–Trinajstić information content (AvgIpc) is 3.42. The van der Waals surface area contributed by atoms with Crippen LogP contribution < -0.4 is 4.74 Å². The normalized spacial score (nSPS) is 12.6. The Balaban J connectivity index is 1.58. The summed E-state index contributed by atoms with van der Waals surface area (Å²) in [5, 5.41) is 60.9. The fourth-order valence-electron chi connectivity index (χ4n) is 4.71. The van der Waals surface area contributed by atoms with Gasteiger partial charge < -0.3 is 25.2 Å². The van der Waals surface area contributed by atoms with Crippen LogP contribution >= 0.6 is 11.6 Å². The largest absolute Gasteiger partial charge is 0.506 e. The van der Waals surface area contributed by atoms with Gasteiger partial charge in [0.25, 0.3) is 20.2 Å². The first-order valence-corrected chi connectivity index (χ1v) is 19.3. The zero-order valence-electron chi connectivity index (χ0n) is 26.4. The van der Waals surface area contributed by atoms with Crippen molar-refractivity contribution in [3.05, 3.63) is 66.4 Å². The molecule has 0 aliphatic rings. The van der Waals surface area contributed by atoms with Crippen molar-refractivity contribution in [3.63, 3.8) is 0 Å². The van der Waals surface area contributed by atoms with Gasteiger partial charge in [-0.15, -0.1) is 26.9 Å². The zero-order valence-corrected chi connectivity index (χ0v) is 29.6. The van der Waals surface area contributed by atoms with Gasteiger partial charge in [0.2, 0.25) is 11.6 Å². The highest BCUT2D eigenvalue weighted by molar-refractivity contribution is 7.91. The van der Waals surface area contributed by atoms with E-state index in [1.54, 1.807) is 0 Å². The third-order valence-electron chi connectivity index (χ3n) is 7.20. The predicted octanol–water partition coefficient (Wildman–Crippen LogP) is 5.19. The second-order valence-electron chi connectivity index (χ2n) is 10.6. The number of azo groups is 2. The van der Waals surface area contributed by atoms with Gasteiger partial charge in [-0.25, -0.2) is 13.2 Å². The van der Waals surface area contributed by atoms with Gasteiger partial charge in [0.05, 0.1) is 29.1 Å². The first kappa shape index (κ1) is 38.5. The van der Waals surface area contributed by atoms with E-state index in [0.717, 1.165) is 55.6 Å². The SMILES string of the molecule is COc1cc(/N=N/c2c(S(=O)(=O)O)cc3ccc(/N=N/c4c(C(=O)O)nn(-c5ccc(S(=O)(=O)O)cc5)c4O)cc3c2O)c(O)cc1S(=O)(=O)CCCl. The molecule has 0 atom stereocenters. The number of halogens is 1. The third kappa shape index (κ3) is 7.88. The molecule has 5 rings (SSSR count). The number of aromatic carboxylic acids is 1. The standard InChI is InChI=1S/C29H23ClN6O14S3/c1-50-21-12-19(20(37)13-22(21)51(42,43)9-8-30)32-33-24-23(53(47,48)49)10-14-2-3-15(11-18(14)27(24)38)31-34-25-26(29(40)41)35-36(28(25)39)16-4-6-17(7-5-16)52(44,45)46/h2-7,10-13,37-39H,8-9H2,1H3,(H,40,41)(H,44,45,46)(H,47,48,49)/b33-32+,34-31+. The number of hydrogen-bond donors (Lipinski definition) is 6. The number of carbonyl (C=O) groups is 1. The van der Waals surface area contributed by atoms with Crippen molar-refractivity contribution in [2.75, 3.05) is 18.7 Å². The van der Waals surface area contributed by atoms with E-state index in [4.69, 9.17) is 16.3 Å². The molecule has 0 spiro atoms. The Labute approximate surface area is 303 Å². The van der Waals surface area contributed by atoms with Gasteiger partial charge in [0.15, 0.2) is 21.3 Å². The van der Waals surface area contributed by atoms with Crippen molar-refractivity contribution < 1.29 is 64.3 Å². The van der Waals surface area contributed by atoms with Crippen LogP contribution in [0.25, 0.3) is 16.5 Å². The van der Waals surface area contributed by atoms with Crippen LogP contribution in [0.2, 0.25) is 0 Å². The molecular formula is C29H23ClN6O14S3. The minimum atomic E-state index is -5.08. The topological polar surface area (TPSA) is 317 Å². The fourth-order valence-corrected chi connectivity index (χ4v) is 7.62. The maximum atomic E-state index is 12.6. The molecule has 53 heavy (non-hydrogen) atoms. The molecule has 1 aromatic heterocycles. The zero-order chi connectivity index (χ0) is 39.0. The molecule has 1 heterocycles. The molecule has 0 amide bonds. The summed E-state index contributed by atoms with van der Waals surface area (Å²) >= 11 is 5.57. The van der Waals surface area contributed by atoms with Crippen LogP contribution in [0.1, 0.15) is 10.5 Å². The number of rotatable bonds is 12. The molecule has 20 nitrogen and oxygen atoms in total. The number of carboxylic acid groups (broad SMARTS) is 1. The molecule has 5 aromatic rings. The molecule has 0 unspecified atom stereocenters. The number of phenols is 2. The van der Waals surface area contributed by atoms with E-state index >= 15 is 0 Å². The Morgan fingerprint density at radius 1 is 0.830 bits per heavy atom. The Bertz CT molecular complexity index is 2700. The second-order valence-corrected chi connectivity index (χ2v) is 15.8. The van der Waals surface area contributed by atoms with Gasteiger partial charge in [-0.3, -0.25) is 9.11 Å². The number of hydrogen-bond acceptors (Lipinski definition) is 16. The number of ether oxygens (including phenoxy) is 1. The molecule has 0 radical (unpaired) electrons. The maximum absolute atomic E-state index is 12.6. The first-order chi connectivity index (χ1) is 24.8. The molecule has 24 heteroatoms. The summed E-state index contributed by atoms with van der Waals surface area (Å²) in [4.78, 5) is 10.1. The maximum Gasteiger partial charge on any atom is 0.358 e. The van der Waals surface area contributed by atoms with Crippen LogP contribution in [-0.2, 0) is 30.1 Å². The van der Waals surface area contributed by atoms with Crippen molar-refractivity contribution in [1.29, 1.82) is 0 Å². The Morgan fingerprint density at radius 3 is 2.08 bits per heavy atom. The molecule has 0 bridgehead atoms. The summed E-state index contributed by atoms with van der Waals surface area (Å²) in [5.41, 5.74) is -2.80. The van der Waals surface area contributed by atoms with Gasteiger partial charge in [0.1, 0.15) is 32.7 Å². The summed E-state index contributed by atoms with van der Waals surface area (Å²) in [5.74, 6) is -5.10. The highest BCUT2D eigenvalue weighted by Crippen LogP contribution is 2.44. The van der Waals surface area contributed by atoms with Crippen molar-refractivity contribution >= 4 is 81.2 Å². The van der Waals surface area contributed by atoms with E-state index in [-0.39, 0.29) is 33.8 Å². The lowest BCUT2D eigenvalue weighted by atomic mass is 10.1. The van der Waals surface area contributed by atoms with Crippen molar-refractivity contribution in [1.82, 2.24) is 9.78 Å². The minimum Gasteiger partial charge on any atom is -0.506 e. The number of nitrogens with zero attached hydrogens (tertiary/aromatic N) is 6. The molecule has 0 fully saturated rings. The molecule has 4 aromatic carbocycles. The molecule has 0 aliphatic carbocycles. The smallest absolute Gasteiger partial charge is 0.358 e. The molecule has 0 aliphatic heterocycles. The predicted molar refractivity (Wildman–Crippen MR) is 183 cm³/mol. The lowest BCUT2D eigenvalue weighted by Crippen LogP contribution is -2.09. The van der Waals surface area contributed by atoms with Crippen LogP contribution in [0.3, 0.4) is 0 Å². The summed E-state index contributed by atoms with van der Waals surface area (Å²) in [6, 6.07) is 10.5. The summed E-state index contributed by atoms with van der Waals surface area (Å²) in [7, 11) is -12.5. The number of phenolic OH excluding ortho intramolecular Hbond substituents is 2. The van der Waals surface area contributed by atoms with E-state index in [1.165, 1.54) is 12.1 Å². The molecule has 0 saturated heterocycles. The number of aromatic hydroxyl groups is 3. The summed E-state index contributed by atoms with van der Waals surface area (Å²) < 4.78 is 97.4. The van der Waals surface area contributed by atoms with Gasteiger partial charge in [-0.2, -0.15) is 31.7 Å². The van der Waals surface area contributed by atoms with E-state index < -0.39 is 96.6 Å². The highest BCUT2D eigenvalue weighted by atomic mass is 35.5. The van der Waals surface area contributed by atoms with E-state index in [9.17, 15) is 59.6 Å². The fraction of sp³-hybridized carbons (Fsp3) is 0.103. The van der Waals surface area contributed by atoms with E-state index in [1.807, 2.05) is 0 Å². The third-order valence-corrected chi connectivity index (χ3v) is 11.1. The number of methoxy groups -OCH3 is 1. The number of alkyl halides is 1. The van der Waals surface area contributed by atoms with E-state index in [0.29, 0.717) is 4.68 Å². The van der Waals surface area contributed by atoms with Crippen molar-refractivity contribution in [2.45, 2.75) is 14.7 Å². The van der Waals surface area contributed by atoms with Gasteiger partial charge in [0, 0.05) is 23.4 Å². The van der Waals surface area contributed by atoms with Crippen molar-refractivity contribution in [3.8, 4) is 28.8 Å². The van der Waals surface area contributed by atoms with Crippen molar-refractivity contribution in [2.24, 2.45) is 20.5 Å². The lowest BCUT2D eigenvalue weighted by Gasteiger charge is -2.11. The van der Waals surface area contributed by atoms with Crippen LogP contribution in [-0.4, -0.2) is 89.3 Å². The first-order valence-electron chi connectivity index (χ1n) is 14.2. The monoisotopic (exact) mass is 810 g/mol. The molecule has 0 saturated carbocycles. The molecule has 278 valence electrons. The lowest BCUT2D eigenvalue weighted by molar-refractivity contribution is 0.0690. The number of carboxylic acids is 1. The van der Waals surface area contributed by atoms with Crippen LogP contribution in [0.15, 0.2) is 95.8 Å². The Kier molecular flexibility index (Phi) is 10.4. The number of fused-ring (bicyclic) bond motifs is 1. The second kappa shape index (κ2) is 14.4. The van der Waals surface area contributed by atoms with E-state index in [2.05, 4.69) is 25.6 Å². The summed E-state index contributed by atoms with van der Waals surface area (Å²) in [6.07, 6.45) is 0. The summed E-state index contributed by atoms with van der Waals surface area (Å²) in [6.45, 7) is 0. The van der Waals surface area contributed by atoms with Gasteiger partial charge in [-0.1, -0.05) is 6.07 Å². The Morgan fingerprint density at radius 2 is 1.49 bits per heavy atom. The number of aromatic nitrogens is 2. The van der Waals surface area contributed by atoms with Crippen LogP contribution in [0.5, 0.6) is 23.1 Å². The van der Waals surface area contributed by atoms with Crippen LogP contribution in [0.4, 0.5) is 22.7 Å². The minimum absolute atomic E-state index is 0.0154. The van der Waals surface area contributed by atoms with Gasteiger partial charge >= 0.3 is 5.97 Å². The Hall–Kier alpha value is -5.72. The van der Waals surface area contributed by atoms with Gasteiger partial charge in [-0.05, 0) is 47.9 Å². The molecular weight excluding hydrogens is 788 g/mol.